The summed E-state index contributed by atoms with van der Waals surface area (Å²) in [6.07, 6.45) is 0. The van der Waals surface area contributed by atoms with Crippen LogP contribution in [0, 0.1) is 0 Å². The van der Waals surface area contributed by atoms with E-state index in [0.717, 1.165) is 0 Å². The van der Waals surface area contributed by atoms with Crippen molar-refractivity contribution in [3.63, 3.8) is 0 Å². The number of nitrogens with zero attached hydrogens (tertiary/aromatic N) is 1. The van der Waals surface area contributed by atoms with Gasteiger partial charge in [0, 0.05) is 28.3 Å². The van der Waals surface area contributed by atoms with Crippen LogP contribution in [0.5, 0.6) is 0 Å². The van der Waals surface area contributed by atoms with E-state index in [-0.39, 0.29) is 11.3 Å². The maximum Gasteiger partial charge on any atom is 0.327 e. The van der Waals surface area contributed by atoms with Crippen molar-refractivity contribution >= 4 is 46.8 Å². The molecule has 0 saturated carbocycles. The molecule has 1 N–H and O–H groups in total. The first-order chi connectivity index (χ1) is 8.91. The second kappa shape index (κ2) is 5.61. The van der Waals surface area contributed by atoms with E-state index < -0.39 is 12.0 Å². The van der Waals surface area contributed by atoms with Crippen LogP contribution in [0.15, 0.2) is 18.2 Å². The van der Waals surface area contributed by atoms with Crippen molar-refractivity contribution in [2.45, 2.75) is 18.3 Å². The Balaban J connectivity index is 2.38. The lowest BCUT2D eigenvalue weighted by Crippen LogP contribution is -2.41. The van der Waals surface area contributed by atoms with E-state index in [2.05, 4.69) is 0 Å². The second-order valence-electron chi connectivity index (χ2n) is 4.13. The zero-order valence-electron chi connectivity index (χ0n) is 9.97. The smallest absolute Gasteiger partial charge is 0.327 e. The molecule has 1 saturated heterocycles. The van der Waals surface area contributed by atoms with Crippen LogP contribution >= 0.6 is 35.0 Å². The van der Waals surface area contributed by atoms with Gasteiger partial charge in [-0.15, -0.1) is 11.8 Å². The normalized spacial score (nSPS) is 22.6. The number of amides is 1. The molecule has 0 bridgehead atoms. The third-order valence-corrected chi connectivity index (χ3v) is 4.75. The van der Waals surface area contributed by atoms with Crippen molar-refractivity contribution in [2.75, 3.05) is 5.75 Å². The first-order valence-electron chi connectivity index (χ1n) is 5.50. The number of benzene rings is 1. The fourth-order valence-corrected chi connectivity index (χ4v) is 4.11. The quantitative estimate of drug-likeness (QED) is 0.910. The first kappa shape index (κ1) is 14.5. The van der Waals surface area contributed by atoms with Gasteiger partial charge in [0.25, 0.3) is 0 Å². The van der Waals surface area contributed by atoms with Crippen molar-refractivity contribution in [1.82, 2.24) is 4.90 Å². The van der Waals surface area contributed by atoms with Gasteiger partial charge in [0.05, 0.1) is 0 Å². The topological polar surface area (TPSA) is 57.6 Å². The van der Waals surface area contributed by atoms with E-state index in [9.17, 15) is 9.59 Å². The van der Waals surface area contributed by atoms with Crippen LogP contribution in [0.4, 0.5) is 0 Å². The fraction of sp³-hybridized carbons (Fsp3) is 0.333. The van der Waals surface area contributed by atoms with E-state index in [1.54, 1.807) is 18.2 Å². The van der Waals surface area contributed by atoms with Gasteiger partial charge in [-0.05, 0) is 12.1 Å². The van der Waals surface area contributed by atoms with Crippen LogP contribution in [0.2, 0.25) is 10.0 Å². The molecule has 1 fully saturated rings. The Morgan fingerprint density at radius 3 is 2.63 bits per heavy atom. The fourth-order valence-electron chi connectivity index (χ4n) is 2.02. The second-order valence-corrected chi connectivity index (χ2v) is 6.09. The van der Waals surface area contributed by atoms with Gasteiger partial charge in [-0.3, -0.25) is 4.79 Å². The zero-order chi connectivity index (χ0) is 14.2. The molecule has 0 spiro atoms. The molecule has 7 heteroatoms. The lowest BCUT2D eigenvalue weighted by molar-refractivity contribution is -0.148. The zero-order valence-corrected chi connectivity index (χ0v) is 12.3. The number of carboxylic acids is 1. The Kier molecular flexibility index (Phi) is 4.28. The molecule has 1 amide bonds. The molecule has 1 aliphatic rings. The van der Waals surface area contributed by atoms with Crippen LogP contribution in [-0.2, 0) is 9.59 Å². The van der Waals surface area contributed by atoms with Gasteiger partial charge in [-0.2, -0.15) is 0 Å². The SMILES string of the molecule is CC(=O)N1[C@H](C(=O)O)CS[C@H]1c1ccc(Cl)cc1Cl. The van der Waals surface area contributed by atoms with E-state index in [0.29, 0.717) is 21.4 Å². The van der Waals surface area contributed by atoms with Crippen LogP contribution in [0.3, 0.4) is 0 Å². The number of carboxylic acid groups (broad SMARTS) is 1. The molecule has 0 aromatic heterocycles. The molecule has 4 nitrogen and oxygen atoms in total. The van der Waals surface area contributed by atoms with Crippen LogP contribution in [-0.4, -0.2) is 33.7 Å². The summed E-state index contributed by atoms with van der Waals surface area (Å²) in [5, 5.41) is 9.70. The van der Waals surface area contributed by atoms with Crippen LogP contribution in [0.1, 0.15) is 17.9 Å². The summed E-state index contributed by atoms with van der Waals surface area (Å²) in [5.74, 6) is -0.942. The highest BCUT2D eigenvalue weighted by Gasteiger charge is 2.41. The summed E-state index contributed by atoms with van der Waals surface area (Å²) in [6.45, 7) is 1.36. The Hall–Kier alpha value is -0.910. The van der Waals surface area contributed by atoms with Gasteiger partial charge in [0.15, 0.2) is 0 Å². The maximum absolute atomic E-state index is 11.7. The van der Waals surface area contributed by atoms with Crippen molar-refractivity contribution in [1.29, 1.82) is 0 Å². The molecule has 19 heavy (non-hydrogen) atoms. The largest absolute Gasteiger partial charge is 0.480 e. The van der Waals surface area contributed by atoms with Crippen molar-refractivity contribution in [2.24, 2.45) is 0 Å². The minimum Gasteiger partial charge on any atom is -0.480 e. The summed E-state index contributed by atoms with van der Waals surface area (Å²) in [4.78, 5) is 24.2. The summed E-state index contributed by atoms with van der Waals surface area (Å²) in [7, 11) is 0. The van der Waals surface area contributed by atoms with Crippen LogP contribution < -0.4 is 0 Å². The number of hydrogen-bond acceptors (Lipinski definition) is 3. The number of aliphatic carboxylic acids is 1. The Bertz CT molecular complexity index is 538. The van der Waals surface area contributed by atoms with Crippen molar-refractivity contribution in [3.05, 3.63) is 33.8 Å². The van der Waals surface area contributed by atoms with E-state index in [4.69, 9.17) is 28.3 Å². The average Bonchev–Trinajstić information content (AvgIpc) is 2.73. The molecule has 0 aliphatic carbocycles. The summed E-state index contributed by atoms with van der Waals surface area (Å²) in [5.41, 5.74) is 0.704. The summed E-state index contributed by atoms with van der Waals surface area (Å²) < 4.78 is 0. The summed E-state index contributed by atoms with van der Waals surface area (Å²) in [6, 6.07) is 4.17. The molecule has 0 radical (unpaired) electrons. The van der Waals surface area contributed by atoms with E-state index in [1.165, 1.54) is 23.6 Å². The number of hydrogen-bond donors (Lipinski definition) is 1. The number of halogens is 2. The van der Waals surface area contributed by atoms with E-state index >= 15 is 0 Å². The minimum atomic E-state index is -1.00. The highest BCUT2D eigenvalue weighted by atomic mass is 35.5. The molecule has 1 aliphatic heterocycles. The molecular formula is C12H11Cl2NO3S. The van der Waals surface area contributed by atoms with Crippen molar-refractivity contribution in [3.8, 4) is 0 Å². The van der Waals surface area contributed by atoms with E-state index in [1.807, 2.05) is 0 Å². The molecule has 1 aromatic carbocycles. The maximum atomic E-state index is 11.7. The minimum absolute atomic E-state index is 0.284. The predicted molar refractivity (Wildman–Crippen MR) is 75.6 cm³/mol. The third-order valence-electron chi connectivity index (χ3n) is 2.88. The number of thioether (sulfide) groups is 1. The predicted octanol–water partition coefficient (Wildman–Crippen LogP) is 3.04. The highest BCUT2D eigenvalue weighted by Crippen LogP contribution is 2.44. The van der Waals surface area contributed by atoms with Crippen LogP contribution in [0.25, 0.3) is 0 Å². The van der Waals surface area contributed by atoms with Gasteiger partial charge in [0.2, 0.25) is 5.91 Å². The molecule has 1 heterocycles. The molecule has 2 atom stereocenters. The number of carbonyl (C=O) groups excluding carboxylic acids is 1. The van der Waals surface area contributed by atoms with Gasteiger partial charge in [-0.25, -0.2) is 4.79 Å². The molecule has 2 rings (SSSR count). The molecular weight excluding hydrogens is 309 g/mol. The Labute approximate surface area is 124 Å². The standard InChI is InChI=1S/C12H11Cl2NO3S/c1-6(16)15-10(12(17)18)5-19-11(15)8-3-2-7(13)4-9(8)14/h2-4,10-11H,5H2,1H3,(H,17,18)/t10-,11-/m0/s1. The third kappa shape index (κ3) is 2.83. The van der Waals surface area contributed by atoms with Gasteiger partial charge < -0.3 is 10.0 Å². The molecule has 102 valence electrons. The highest BCUT2D eigenvalue weighted by molar-refractivity contribution is 7.99. The molecule has 0 unspecified atom stereocenters. The lowest BCUT2D eigenvalue weighted by Gasteiger charge is -2.26. The Morgan fingerprint density at radius 1 is 1.42 bits per heavy atom. The number of carbonyl (C=O) groups is 2. The molecule has 1 aromatic rings. The Morgan fingerprint density at radius 2 is 2.11 bits per heavy atom. The summed E-state index contributed by atoms with van der Waals surface area (Å²) >= 11 is 13.3. The van der Waals surface area contributed by atoms with Gasteiger partial charge >= 0.3 is 5.97 Å². The first-order valence-corrected chi connectivity index (χ1v) is 7.30. The monoisotopic (exact) mass is 319 g/mol. The van der Waals surface area contributed by atoms with Crippen molar-refractivity contribution < 1.29 is 14.7 Å². The average molecular weight is 320 g/mol. The van der Waals surface area contributed by atoms with Gasteiger partial charge in [-0.1, -0.05) is 29.3 Å². The lowest BCUT2D eigenvalue weighted by atomic mass is 10.1. The van der Waals surface area contributed by atoms with Gasteiger partial charge in [0.1, 0.15) is 11.4 Å². The number of rotatable bonds is 2.